The van der Waals surface area contributed by atoms with Gasteiger partial charge in [0.15, 0.2) is 11.3 Å². The number of benzene rings is 2. The van der Waals surface area contributed by atoms with Gasteiger partial charge >= 0.3 is 17.2 Å². The molecule has 0 fully saturated rings. The summed E-state index contributed by atoms with van der Waals surface area (Å²) in [5.74, 6) is -0.0304. The Labute approximate surface area is 170 Å². The maximum atomic E-state index is 12.7. The predicted molar refractivity (Wildman–Crippen MR) is 111 cm³/mol. The summed E-state index contributed by atoms with van der Waals surface area (Å²) >= 11 is 0. The Morgan fingerprint density at radius 1 is 0.967 bits per heavy atom. The molecule has 0 bridgehead atoms. The van der Waals surface area contributed by atoms with Crippen molar-refractivity contribution in [2.75, 3.05) is 7.11 Å². The SMILES string of the molecule is COc1cccc2cc(-c3cc(=O)oc4cc(OC(=O)C(C)C)ccc34)c(=O)oc12. The first-order chi connectivity index (χ1) is 14.4. The minimum absolute atomic E-state index is 0.191. The molecule has 0 saturated heterocycles. The molecule has 0 spiro atoms. The summed E-state index contributed by atoms with van der Waals surface area (Å²) in [7, 11) is 1.49. The number of carbonyl (C=O) groups is 1. The number of ether oxygens (including phenoxy) is 2. The van der Waals surface area contributed by atoms with Crippen molar-refractivity contribution in [2.45, 2.75) is 13.8 Å². The molecule has 0 amide bonds. The molecule has 0 unspecified atom stereocenters. The summed E-state index contributed by atoms with van der Waals surface area (Å²) in [5, 5.41) is 1.15. The van der Waals surface area contributed by atoms with Crippen LogP contribution < -0.4 is 20.7 Å². The van der Waals surface area contributed by atoms with Crippen molar-refractivity contribution in [2.24, 2.45) is 5.92 Å². The summed E-state index contributed by atoms with van der Waals surface area (Å²) in [5.41, 5.74) is -0.174. The number of para-hydroxylation sites is 1. The molecule has 0 radical (unpaired) electrons. The number of carbonyl (C=O) groups excluding carboxylic acids is 1. The average molecular weight is 406 g/mol. The van der Waals surface area contributed by atoms with Crippen LogP contribution in [0.15, 0.2) is 67.0 Å². The maximum Gasteiger partial charge on any atom is 0.344 e. The Balaban J connectivity index is 1.91. The number of hydrogen-bond acceptors (Lipinski definition) is 7. The zero-order chi connectivity index (χ0) is 21.4. The van der Waals surface area contributed by atoms with Crippen molar-refractivity contribution in [3.63, 3.8) is 0 Å². The molecule has 2 aromatic heterocycles. The highest BCUT2D eigenvalue weighted by molar-refractivity contribution is 5.96. The molecule has 0 N–H and O–H groups in total. The molecule has 0 aliphatic carbocycles. The molecule has 0 atom stereocenters. The van der Waals surface area contributed by atoms with Crippen molar-refractivity contribution >= 4 is 27.9 Å². The van der Waals surface area contributed by atoms with Gasteiger partial charge in [0.05, 0.1) is 18.6 Å². The molecule has 0 aliphatic heterocycles. The van der Waals surface area contributed by atoms with Crippen LogP contribution in [0.5, 0.6) is 11.5 Å². The standard InChI is InChI=1S/C23H18O7/c1-12(2)22(25)28-14-7-8-15-16(11-20(24)29-19(15)10-14)17-9-13-5-4-6-18(27-3)21(13)30-23(17)26/h4-12H,1-3H3. The molecule has 4 rings (SSSR count). The van der Waals surface area contributed by atoms with Crippen LogP contribution in [-0.2, 0) is 4.79 Å². The normalized spacial score (nSPS) is 11.2. The molecular formula is C23H18O7. The zero-order valence-corrected chi connectivity index (χ0v) is 16.6. The fraction of sp³-hybridized carbons (Fsp3) is 0.174. The van der Waals surface area contributed by atoms with Gasteiger partial charge in [-0.2, -0.15) is 0 Å². The fourth-order valence-corrected chi connectivity index (χ4v) is 3.13. The van der Waals surface area contributed by atoms with E-state index >= 15 is 0 Å². The lowest BCUT2D eigenvalue weighted by Crippen LogP contribution is -2.14. The van der Waals surface area contributed by atoms with Crippen molar-refractivity contribution < 1.29 is 23.1 Å². The van der Waals surface area contributed by atoms with Crippen LogP contribution in [0.3, 0.4) is 0 Å². The largest absolute Gasteiger partial charge is 0.493 e. The highest BCUT2D eigenvalue weighted by Gasteiger charge is 2.17. The van der Waals surface area contributed by atoms with Gasteiger partial charge in [-0.05, 0) is 24.3 Å². The van der Waals surface area contributed by atoms with E-state index in [1.807, 2.05) is 0 Å². The maximum absolute atomic E-state index is 12.7. The third-order valence-corrected chi connectivity index (χ3v) is 4.64. The molecule has 7 nitrogen and oxygen atoms in total. The summed E-state index contributed by atoms with van der Waals surface area (Å²) < 4.78 is 21.3. The van der Waals surface area contributed by atoms with Gasteiger partial charge in [-0.25, -0.2) is 9.59 Å². The summed E-state index contributed by atoms with van der Waals surface area (Å²) in [6.07, 6.45) is 0. The van der Waals surface area contributed by atoms with Crippen molar-refractivity contribution in [1.82, 2.24) is 0 Å². The quantitative estimate of drug-likeness (QED) is 0.285. The van der Waals surface area contributed by atoms with Crippen LogP contribution in [0.4, 0.5) is 0 Å². The average Bonchev–Trinajstić information content (AvgIpc) is 2.72. The lowest BCUT2D eigenvalue weighted by Gasteiger charge is -2.10. The second kappa shape index (κ2) is 7.51. The predicted octanol–water partition coefficient (Wildman–Crippen LogP) is 4.14. The van der Waals surface area contributed by atoms with Gasteiger partial charge in [-0.3, -0.25) is 4.79 Å². The van der Waals surface area contributed by atoms with E-state index in [0.29, 0.717) is 27.7 Å². The van der Waals surface area contributed by atoms with Crippen LogP contribution in [0.2, 0.25) is 0 Å². The number of esters is 1. The monoisotopic (exact) mass is 406 g/mol. The van der Waals surface area contributed by atoms with E-state index in [4.69, 9.17) is 18.3 Å². The zero-order valence-electron chi connectivity index (χ0n) is 16.6. The molecule has 2 heterocycles. The highest BCUT2D eigenvalue weighted by Crippen LogP contribution is 2.31. The minimum Gasteiger partial charge on any atom is -0.493 e. The Kier molecular flexibility index (Phi) is 4.87. The van der Waals surface area contributed by atoms with E-state index in [9.17, 15) is 14.4 Å². The number of fused-ring (bicyclic) bond motifs is 2. The van der Waals surface area contributed by atoms with E-state index in [1.54, 1.807) is 50.2 Å². The Hall–Kier alpha value is -3.87. The van der Waals surface area contributed by atoms with Gasteiger partial charge in [-0.15, -0.1) is 0 Å². The lowest BCUT2D eigenvalue weighted by molar-refractivity contribution is -0.137. The number of hydrogen-bond donors (Lipinski definition) is 0. The van der Waals surface area contributed by atoms with E-state index < -0.39 is 17.2 Å². The second-order valence-corrected chi connectivity index (χ2v) is 7.04. The Bertz CT molecular complexity index is 1390. The van der Waals surface area contributed by atoms with Crippen molar-refractivity contribution in [3.05, 3.63) is 69.4 Å². The van der Waals surface area contributed by atoms with Crippen LogP contribution in [0.25, 0.3) is 33.1 Å². The molecule has 0 aliphatic rings. The van der Waals surface area contributed by atoms with Gasteiger partial charge < -0.3 is 18.3 Å². The van der Waals surface area contributed by atoms with Crippen LogP contribution in [-0.4, -0.2) is 13.1 Å². The van der Waals surface area contributed by atoms with E-state index in [-0.39, 0.29) is 22.8 Å². The van der Waals surface area contributed by atoms with Crippen LogP contribution in [0.1, 0.15) is 13.8 Å². The lowest BCUT2D eigenvalue weighted by atomic mass is 10.0. The van der Waals surface area contributed by atoms with Crippen LogP contribution >= 0.6 is 0 Å². The van der Waals surface area contributed by atoms with Gasteiger partial charge in [0.25, 0.3) is 0 Å². The van der Waals surface area contributed by atoms with E-state index in [1.165, 1.54) is 19.2 Å². The first-order valence-corrected chi connectivity index (χ1v) is 9.28. The first kappa shape index (κ1) is 19.4. The van der Waals surface area contributed by atoms with E-state index in [0.717, 1.165) is 0 Å². The summed E-state index contributed by atoms with van der Waals surface area (Å²) in [4.78, 5) is 36.7. The molecule has 152 valence electrons. The molecule has 30 heavy (non-hydrogen) atoms. The summed E-state index contributed by atoms with van der Waals surface area (Å²) in [6, 6.07) is 12.8. The molecule has 2 aromatic carbocycles. The Morgan fingerprint density at radius 2 is 1.77 bits per heavy atom. The third kappa shape index (κ3) is 3.45. The molecule has 7 heteroatoms. The smallest absolute Gasteiger partial charge is 0.344 e. The Morgan fingerprint density at radius 3 is 2.50 bits per heavy atom. The first-order valence-electron chi connectivity index (χ1n) is 9.28. The van der Waals surface area contributed by atoms with Gasteiger partial charge in [0.1, 0.15) is 11.3 Å². The number of rotatable bonds is 4. The number of methoxy groups -OCH3 is 1. The molecular weight excluding hydrogens is 388 g/mol. The minimum atomic E-state index is -0.644. The second-order valence-electron chi connectivity index (χ2n) is 7.04. The fourth-order valence-electron chi connectivity index (χ4n) is 3.13. The van der Waals surface area contributed by atoms with E-state index in [2.05, 4.69) is 0 Å². The van der Waals surface area contributed by atoms with Gasteiger partial charge in [0.2, 0.25) is 0 Å². The molecule has 0 saturated carbocycles. The van der Waals surface area contributed by atoms with Crippen LogP contribution in [0, 0.1) is 5.92 Å². The van der Waals surface area contributed by atoms with Gasteiger partial charge in [-0.1, -0.05) is 26.0 Å². The summed E-state index contributed by atoms with van der Waals surface area (Å²) in [6.45, 7) is 3.44. The third-order valence-electron chi connectivity index (χ3n) is 4.64. The molecule has 4 aromatic rings. The topological polar surface area (TPSA) is 96.0 Å². The van der Waals surface area contributed by atoms with Gasteiger partial charge in [0, 0.05) is 28.5 Å². The highest BCUT2D eigenvalue weighted by atomic mass is 16.5. The van der Waals surface area contributed by atoms with Crippen molar-refractivity contribution in [1.29, 1.82) is 0 Å². The van der Waals surface area contributed by atoms with Crippen molar-refractivity contribution in [3.8, 4) is 22.6 Å².